The summed E-state index contributed by atoms with van der Waals surface area (Å²) in [6.07, 6.45) is 2.95. The van der Waals surface area contributed by atoms with E-state index >= 15 is 0 Å². The summed E-state index contributed by atoms with van der Waals surface area (Å²) in [6.45, 7) is 4.14. The van der Waals surface area contributed by atoms with Crippen LogP contribution in [0.1, 0.15) is 25.7 Å². The van der Waals surface area contributed by atoms with Gasteiger partial charge in [-0.3, -0.25) is 19.2 Å². The maximum atomic E-state index is 13.9. The second kappa shape index (κ2) is 20.6. The van der Waals surface area contributed by atoms with Gasteiger partial charge in [0.2, 0.25) is 0 Å². The highest BCUT2D eigenvalue weighted by atomic mass is 16.5. The monoisotopic (exact) mass is 1060 g/mol. The van der Waals surface area contributed by atoms with Gasteiger partial charge in [0.05, 0.1) is 26.4 Å². The van der Waals surface area contributed by atoms with E-state index in [-0.39, 0.29) is 21.7 Å². The van der Waals surface area contributed by atoms with Crippen LogP contribution in [0.15, 0.2) is 165 Å². The normalized spacial score (nSPS) is 12.1. The molecular formula is C68H56N4O8. The van der Waals surface area contributed by atoms with Gasteiger partial charge in [-0.15, -0.1) is 0 Å². The van der Waals surface area contributed by atoms with Gasteiger partial charge in [0, 0.05) is 64.6 Å². The highest BCUT2D eigenvalue weighted by Crippen LogP contribution is 2.47. The molecule has 14 aromatic rings. The Balaban J connectivity index is 0.000000151. The van der Waals surface area contributed by atoms with Crippen molar-refractivity contribution in [2.24, 2.45) is 22.9 Å². The average molecular weight is 1060 g/mol. The summed E-state index contributed by atoms with van der Waals surface area (Å²) in [5, 5.41) is 19.9. The van der Waals surface area contributed by atoms with Crippen molar-refractivity contribution in [2.75, 3.05) is 52.6 Å². The van der Waals surface area contributed by atoms with E-state index in [0.29, 0.717) is 119 Å². The van der Waals surface area contributed by atoms with Gasteiger partial charge in [-0.2, -0.15) is 0 Å². The summed E-state index contributed by atoms with van der Waals surface area (Å²) in [4.78, 5) is 55.6. The first-order chi connectivity index (χ1) is 39.2. The Morgan fingerprint density at radius 1 is 0.237 bits per heavy atom. The van der Waals surface area contributed by atoms with Gasteiger partial charge in [-0.05, 0) is 189 Å². The van der Waals surface area contributed by atoms with Crippen LogP contribution in [0.5, 0.6) is 23.0 Å². The van der Waals surface area contributed by atoms with Gasteiger partial charge in [0.25, 0.3) is 0 Å². The summed E-state index contributed by atoms with van der Waals surface area (Å²) in [7, 11) is 0. The van der Waals surface area contributed by atoms with Crippen molar-refractivity contribution in [2.45, 2.75) is 25.7 Å². The molecular weight excluding hydrogens is 1000 g/mol. The van der Waals surface area contributed by atoms with Crippen LogP contribution in [-0.4, -0.2) is 52.6 Å². The molecule has 0 saturated carbocycles. The average Bonchev–Trinajstić information content (AvgIpc) is 3.55. The second-order valence-corrected chi connectivity index (χ2v) is 20.5. The molecule has 12 heteroatoms. The predicted molar refractivity (Wildman–Crippen MR) is 329 cm³/mol. The summed E-state index contributed by atoms with van der Waals surface area (Å²) in [6, 6.07) is 46.3. The summed E-state index contributed by atoms with van der Waals surface area (Å²) in [5.74, 6) is 2.58. The third-order valence-corrected chi connectivity index (χ3v) is 15.8. The quantitative estimate of drug-likeness (QED) is 0.0405. The Hall–Kier alpha value is -9.04. The molecule has 0 unspecified atom stereocenters. The minimum atomic E-state index is -0.0316. The highest BCUT2D eigenvalue weighted by Gasteiger charge is 2.24. The van der Waals surface area contributed by atoms with E-state index < -0.39 is 0 Å². The Kier molecular flexibility index (Phi) is 13.0. The largest absolute Gasteiger partial charge is 0.494 e. The fraction of sp³-hybridized carbons (Fsp3) is 0.176. The Morgan fingerprint density at radius 3 is 0.650 bits per heavy atom. The molecule has 0 radical (unpaired) electrons. The second-order valence-electron chi connectivity index (χ2n) is 20.5. The van der Waals surface area contributed by atoms with E-state index in [1.165, 1.54) is 0 Å². The van der Waals surface area contributed by atoms with Gasteiger partial charge in [-0.25, -0.2) is 0 Å². The SMILES string of the molecule is NCCCOc1ccc2c(c1)c(=O)c1cccc3c1c2c1cccc2c(=O)c4cc(OCCCN)ccc4c3c21.NCCCOc1ccc2c(c1)c(=O)c1cccc3c1c2c1cccc2c(=O)c4cc(OCCCN)ccc4c3c21. The number of hydrogen-bond acceptors (Lipinski definition) is 12. The lowest BCUT2D eigenvalue weighted by Crippen LogP contribution is -2.08. The first-order valence-corrected chi connectivity index (χ1v) is 27.3. The third kappa shape index (κ3) is 8.05. The van der Waals surface area contributed by atoms with Gasteiger partial charge in [0.1, 0.15) is 23.0 Å². The van der Waals surface area contributed by atoms with Crippen LogP contribution >= 0.6 is 0 Å². The van der Waals surface area contributed by atoms with Gasteiger partial charge in [-0.1, -0.05) is 72.8 Å². The smallest absolute Gasteiger partial charge is 0.194 e. The third-order valence-electron chi connectivity index (χ3n) is 15.8. The van der Waals surface area contributed by atoms with Crippen LogP contribution in [0.3, 0.4) is 0 Å². The van der Waals surface area contributed by atoms with Crippen molar-refractivity contribution in [3.8, 4) is 23.0 Å². The molecule has 12 nitrogen and oxygen atoms in total. The molecule has 8 N–H and O–H groups in total. The first kappa shape index (κ1) is 50.5. The predicted octanol–water partition coefficient (Wildman–Crippen LogP) is 11.3. The number of hydrogen-bond donors (Lipinski definition) is 4. The van der Waals surface area contributed by atoms with E-state index in [1.807, 2.05) is 121 Å². The Bertz CT molecular complexity index is 4380. The molecule has 0 aliphatic carbocycles. The lowest BCUT2D eigenvalue weighted by molar-refractivity contribution is 0.313. The first-order valence-electron chi connectivity index (χ1n) is 27.3. The molecule has 0 aliphatic rings. The fourth-order valence-electron chi connectivity index (χ4n) is 12.3. The molecule has 14 aromatic carbocycles. The molecule has 80 heavy (non-hydrogen) atoms. The summed E-state index contributed by atoms with van der Waals surface area (Å²) < 4.78 is 23.5. The van der Waals surface area contributed by atoms with Crippen molar-refractivity contribution in [3.05, 3.63) is 186 Å². The van der Waals surface area contributed by atoms with Crippen LogP contribution in [-0.2, 0) is 0 Å². The lowest BCUT2D eigenvalue weighted by Gasteiger charge is -2.18. The summed E-state index contributed by atoms with van der Waals surface area (Å²) in [5.41, 5.74) is 22.3. The molecule has 0 fully saturated rings. The minimum absolute atomic E-state index is 0.0316. The molecule has 0 amide bonds. The van der Waals surface area contributed by atoms with E-state index in [1.54, 1.807) is 0 Å². The zero-order valence-corrected chi connectivity index (χ0v) is 43.9. The minimum Gasteiger partial charge on any atom is -0.494 e. The Morgan fingerprint density at radius 2 is 0.438 bits per heavy atom. The number of fused-ring (bicyclic) bond motifs is 12. The van der Waals surface area contributed by atoms with E-state index in [9.17, 15) is 19.2 Å². The molecule has 0 spiro atoms. The van der Waals surface area contributed by atoms with Gasteiger partial charge >= 0.3 is 0 Å². The van der Waals surface area contributed by atoms with Crippen molar-refractivity contribution in [1.29, 1.82) is 0 Å². The maximum Gasteiger partial charge on any atom is 0.194 e. The number of rotatable bonds is 16. The standard InChI is InChI=1S/2C34H28N2O4/c2*35-13-3-15-39-19-10-12-22-27(17-19)33(37)25-7-1-5-23-29-21-11-9-20(40-16-4-14-36)18-28(21)34(38)26-8-2-6-24(32(26)29)30(22)31(23)25/h2*1-2,5-12,17-18H,3-4,13-16,35-36H2. The Labute approximate surface area is 456 Å². The van der Waals surface area contributed by atoms with Crippen LogP contribution in [0.2, 0.25) is 0 Å². The van der Waals surface area contributed by atoms with Crippen molar-refractivity contribution in [1.82, 2.24) is 0 Å². The summed E-state index contributed by atoms with van der Waals surface area (Å²) >= 11 is 0. The molecule has 396 valence electrons. The molecule has 0 atom stereocenters. The van der Waals surface area contributed by atoms with Crippen LogP contribution in [0, 0.1) is 0 Å². The van der Waals surface area contributed by atoms with Crippen molar-refractivity contribution >= 4 is 129 Å². The molecule has 14 rings (SSSR count). The molecule has 0 aliphatic heterocycles. The zero-order chi connectivity index (χ0) is 54.8. The van der Waals surface area contributed by atoms with Crippen molar-refractivity contribution < 1.29 is 18.9 Å². The number of nitrogens with two attached hydrogens (primary N) is 4. The highest BCUT2D eigenvalue weighted by molar-refractivity contribution is 6.43. The molecule has 0 bridgehead atoms. The van der Waals surface area contributed by atoms with Crippen LogP contribution in [0.25, 0.3) is 129 Å². The van der Waals surface area contributed by atoms with Crippen LogP contribution in [0.4, 0.5) is 0 Å². The van der Waals surface area contributed by atoms with E-state index in [0.717, 1.165) is 112 Å². The molecule has 0 saturated heterocycles. The van der Waals surface area contributed by atoms with E-state index in [4.69, 9.17) is 41.9 Å². The molecule has 0 heterocycles. The van der Waals surface area contributed by atoms with Gasteiger partial charge < -0.3 is 41.9 Å². The van der Waals surface area contributed by atoms with Crippen molar-refractivity contribution in [3.63, 3.8) is 0 Å². The zero-order valence-electron chi connectivity index (χ0n) is 43.9. The molecule has 0 aromatic heterocycles. The van der Waals surface area contributed by atoms with Crippen LogP contribution < -0.4 is 63.6 Å². The van der Waals surface area contributed by atoms with Gasteiger partial charge in [0.15, 0.2) is 21.7 Å². The fourth-order valence-corrected chi connectivity index (χ4v) is 12.3. The number of ether oxygens (including phenoxy) is 4. The van der Waals surface area contributed by atoms with E-state index in [2.05, 4.69) is 24.3 Å². The lowest BCUT2D eigenvalue weighted by atomic mass is 9.85. The number of benzene rings is 14. The topological polar surface area (TPSA) is 209 Å². The maximum absolute atomic E-state index is 13.9.